The van der Waals surface area contributed by atoms with Crippen LogP contribution in [0.3, 0.4) is 0 Å². The van der Waals surface area contributed by atoms with Crippen LogP contribution in [-0.4, -0.2) is 12.6 Å². The molecule has 0 radical (unpaired) electrons. The van der Waals surface area contributed by atoms with Crippen molar-refractivity contribution >= 4 is 5.97 Å². The zero-order valence-corrected chi connectivity index (χ0v) is 21.9. The number of carbonyl (C=O) groups excluding carboxylic acids is 1. The molecule has 0 rings (SSSR count). The molecule has 0 aliphatic heterocycles. The van der Waals surface area contributed by atoms with Gasteiger partial charge in [0.2, 0.25) is 0 Å². The third-order valence-electron chi connectivity index (χ3n) is 6.65. The number of rotatable bonds is 25. The first-order chi connectivity index (χ1) is 15.2. The molecule has 0 saturated heterocycles. The van der Waals surface area contributed by atoms with E-state index in [9.17, 15) is 4.79 Å². The highest BCUT2D eigenvalue weighted by molar-refractivity contribution is 5.69. The molecule has 2 heteroatoms. The normalized spacial score (nSPS) is 12.2. The monoisotopic (exact) mass is 438 g/mol. The van der Waals surface area contributed by atoms with Crippen molar-refractivity contribution in [2.24, 2.45) is 5.92 Å². The molecular weight excluding hydrogens is 380 g/mol. The lowest BCUT2D eigenvalue weighted by Crippen LogP contribution is -2.14. The summed E-state index contributed by atoms with van der Waals surface area (Å²) in [6.07, 6.45) is 29.5. The minimum atomic E-state index is 0.0427. The lowest BCUT2D eigenvalue weighted by Gasteiger charge is -2.17. The maximum Gasteiger partial charge on any atom is 0.305 e. The van der Waals surface area contributed by atoms with E-state index < -0.39 is 0 Å². The van der Waals surface area contributed by atoms with Crippen LogP contribution in [0.4, 0.5) is 0 Å². The molecule has 0 aliphatic carbocycles. The fraction of sp³-hybridized carbons (Fsp3) is 0.966. The van der Waals surface area contributed by atoms with Crippen LogP contribution in [-0.2, 0) is 9.53 Å². The van der Waals surface area contributed by atoms with Gasteiger partial charge < -0.3 is 4.74 Å². The van der Waals surface area contributed by atoms with Crippen LogP contribution in [0.5, 0.6) is 0 Å². The van der Waals surface area contributed by atoms with E-state index in [-0.39, 0.29) is 5.97 Å². The van der Waals surface area contributed by atoms with Gasteiger partial charge in [-0.2, -0.15) is 0 Å². The summed E-state index contributed by atoms with van der Waals surface area (Å²) in [4.78, 5) is 12.2. The fourth-order valence-electron chi connectivity index (χ4n) is 4.42. The Labute approximate surface area is 196 Å². The first-order valence-electron chi connectivity index (χ1n) is 14.4. The third-order valence-corrected chi connectivity index (χ3v) is 6.65. The van der Waals surface area contributed by atoms with Crippen LogP contribution in [0.2, 0.25) is 0 Å². The topological polar surface area (TPSA) is 26.3 Å². The molecule has 0 aliphatic rings. The van der Waals surface area contributed by atoms with Crippen LogP contribution in [0.15, 0.2) is 0 Å². The number of ether oxygens (including phenoxy) is 1. The van der Waals surface area contributed by atoms with Crippen LogP contribution in [0.1, 0.15) is 168 Å². The Balaban J connectivity index is 3.84. The highest BCUT2D eigenvalue weighted by Gasteiger charge is 2.12. The fourth-order valence-corrected chi connectivity index (χ4v) is 4.42. The molecule has 0 aromatic rings. The summed E-state index contributed by atoms with van der Waals surface area (Å²) >= 11 is 0. The van der Waals surface area contributed by atoms with Gasteiger partial charge in [-0.3, -0.25) is 4.79 Å². The number of unbranched alkanes of at least 4 members (excludes halogenated alkanes) is 17. The van der Waals surface area contributed by atoms with Crippen molar-refractivity contribution in [1.82, 2.24) is 0 Å². The highest BCUT2D eigenvalue weighted by atomic mass is 16.5. The number of carbonyl (C=O) groups is 1. The van der Waals surface area contributed by atoms with Gasteiger partial charge in [0.05, 0.1) is 6.61 Å². The van der Waals surface area contributed by atoms with Crippen molar-refractivity contribution in [2.45, 2.75) is 168 Å². The van der Waals surface area contributed by atoms with Crippen molar-refractivity contribution in [3.63, 3.8) is 0 Å². The van der Waals surface area contributed by atoms with Gasteiger partial charge in [0.15, 0.2) is 0 Å². The van der Waals surface area contributed by atoms with Crippen LogP contribution in [0, 0.1) is 5.92 Å². The van der Waals surface area contributed by atoms with E-state index in [0.29, 0.717) is 18.9 Å². The van der Waals surface area contributed by atoms with Crippen LogP contribution in [0.25, 0.3) is 0 Å². The molecule has 0 saturated carbocycles. The second-order valence-corrected chi connectivity index (χ2v) is 9.89. The molecule has 186 valence electrons. The molecule has 1 atom stereocenters. The van der Waals surface area contributed by atoms with E-state index in [1.165, 1.54) is 135 Å². The SMILES string of the molecule is CCCCCCCCCCCC(=O)OCC(CCCCCC)CCCCCCCCC. The Morgan fingerprint density at radius 3 is 1.32 bits per heavy atom. The van der Waals surface area contributed by atoms with Crippen LogP contribution < -0.4 is 0 Å². The zero-order valence-electron chi connectivity index (χ0n) is 21.9. The Morgan fingerprint density at radius 2 is 0.871 bits per heavy atom. The molecule has 2 nitrogen and oxygen atoms in total. The largest absolute Gasteiger partial charge is 0.465 e. The molecule has 1 unspecified atom stereocenters. The molecule has 0 aromatic heterocycles. The Kier molecular flexibility index (Phi) is 25.3. The highest BCUT2D eigenvalue weighted by Crippen LogP contribution is 2.20. The minimum Gasteiger partial charge on any atom is -0.465 e. The van der Waals surface area contributed by atoms with Crippen molar-refractivity contribution in [3.8, 4) is 0 Å². The Morgan fingerprint density at radius 1 is 0.516 bits per heavy atom. The maximum absolute atomic E-state index is 12.2. The summed E-state index contributed by atoms with van der Waals surface area (Å²) in [5.74, 6) is 0.626. The summed E-state index contributed by atoms with van der Waals surface area (Å²) in [7, 11) is 0. The van der Waals surface area contributed by atoms with E-state index in [0.717, 1.165) is 6.42 Å². The van der Waals surface area contributed by atoms with Gasteiger partial charge in [-0.25, -0.2) is 0 Å². The minimum absolute atomic E-state index is 0.0427. The maximum atomic E-state index is 12.2. The first kappa shape index (κ1) is 30.5. The van der Waals surface area contributed by atoms with Crippen molar-refractivity contribution in [1.29, 1.82) is 0 Å². The number of hydrogen-bond acceptors (Lipinski definition) is 2. The van der Waals surface area contributed by atoms with Gasteiger partial charge in [-0.15, -0.1) is 0 Å². The van der Waals surface area contributed by atoms with Crippen molar-refractivity contribution < 1.29 is 9.53 Å². The van der Waals surface area contributed by atoms with Crippen LogP contribution >= 0.6 is 0 Å². The molecule has 0 heterocycles. The van der Waals surface area contributed by atoms with E-state index >= 15 is 0 Å². The molecule has 0 spiro atoms. The molecule has 0 aromatic carbocycles. The van der Waals surface area contributed by atoms with Gasteiger partial charge in [0.1, 0.15) is 0 Å². The molecular formula is C29H58O2. The van der Waals surface area contributed by atoms with Crippen molar-refractivity contribution in [3.05, 3.63) is 0 Å². The molecule has 31 heavy (non-hydrogen) atoms. The lowest BCUT2D eigenvalue weighted by molar-refractivity contribution is -0.145. The van der Waals surface area contributed by atoms with Gasteiger partial charge in [-0.05, 0) is 25.2 Å². The quantitative estimate of drug-likeness (QED) is 0.105. The van der Waals surface area contributed by atoms with Crippen molar-refractivity contribution in [2.75, 3.05) is 6.61 Å². The number of hydrogen-bond donors (Lipinski definition) is 0. The zero-order chi connectivity index (χ0) is 22.8. The van der Waals surface area contributed by atoms with E-state index in [1.807, 2.05) is 0 Å². The molecule has 0 fully saturated rings. The summed E-state index contributed by atoms with van der Waals surface area (Å²) in [5, 5.41) is 0. The van der Waals surface area contributed by atoms with Gasteiger partial charge in [0.25, 0.3) is 0 Å². The summed E-state index contributed by atoms with van der Waals surface area (Å²) in [5.41, 5.74) is 0. The summed E-state index contributed by atoms with van der Waals surface area (Å²) in [6.45, 7) is 7.48. The predicted molar refractivity (Wildman–Crippen MR) is 138 cm³/mol. The molecule has 0 amide bonds. The summed E-state index contributed by atoms with van der Waals surface area (Å²) in [6, 6.07) is 0. The lowest BCUT2D eigenvalue weighted by atomic mass is 9.95. The smallest absolute Gasteiger partial charge is 0.305 e. The van der Waals surface area contributed by atoms with Gasteiger partial charge >= 0.3 is 5.97 Å². The second kappa shape index (κ2) is 25.7. The second-order valence-electron chi connectivity index (χ2n) is 9.89. The first-order valence-corrected chi connectivity index (χ1v) is 14.4. The molecule has 0 bridgehead atoms. The average Bonchev–Trinajstić information content (AvgIpc) is 2.77. The van der Waals surface area contributed by atoms with Gasteiger partial charge in [0, 0.05) is 6.42 Å². The van der Waals surface area contributed by atoms with E-state index in [2.05, 4.69) is 20.8 Å². The van der Waals surface area contributed by atoms with E-state index in [1.54, 1.807) is 0 Å². The number of esters is 1. The standard InChI is InChI=1S/C29H58O2/c1-4-7-10-13-15-16-18-20-23-26-29(30)31-27-28(24-21-12-9-6-3)25-22-19-17-14-11-8-5-2/h28H,4-27H2,1-3H3. The van der Waals surface area contributed by atoms with E-state index in [4.69, 9.17) is 4.74 Å². The molecule has 0 N–H and O–H groups in total. The third kappa shape index (κ3) is 24.0. The predicted octanol–water partition coefficient (Wildman–Crippen LogP) is 10.2. The Hall–Kier alpha value is -0.530. The summed E-state index contributed by atoms with van der Waals surface area (Å²) < 4.78 is 5.70. The van der Waals surface area contributed by atoms with Gasteiger partial charge in [-0.1, -0.05) is 143 Å². The average molecular weight is 439 g/mol. The Bertz CT molecular complexity index is 353.